The quantitative estimate of drug-likeness (QED) is 0.00653. The number of hydrogen-bond acceptors (Lipinski definition) is 24. The van der Waals surface area contributed by atoms with Crippen LogP contribution < -0.4 is 183 Å². The smallest absolute Gasteiger partial charge is 0.748 e. The minimum Gasteiger partial charge on any atom is -0.748 e. The number of nitrogens with one attached hydrogen (secondary N) is 1. The van der Waals surface area contributed by atoms with E-state index in [4.69, 9.17) is 4.74 Å². The van der Waals surface area contributed by atoms with Crippen molar-refractivity contribution in [2.24, 2.45) is 0 Å². The summed E-state index contributed by atoms with van der Waals surface area (Å²) in [5.74, 6) is 0.343. The molecule has 0 radical (unpaired) electrons. The summed E-state index contributed by atoms with van der Waals surface area (Å²) in [4.78, 5) is 42.5. The summed E-state index contributed by atoms with van der Waals surface area (Å²) in [5.41, 5.74) is 6.51. The number of amides is 3. The monoisotopic (exact) mass is 1450 g/mol. The van der Waals surface area contributed by atoms with Gasteiger partial charge in [-0.25, -0.2) is 16.8 Å². The van der Waals surface area contributed by atoms with E-state index in [1.807, 2.05) is 41.0 Å². The number of allylic oxidation sites excluding steroid dienone is 7. The number of carbonyl (C=O) groups excluding carboxylic acids is 3. The summed E-state index contributed by atoms with van der Waals surface area (Å²) < 4.78 is 95.1. The molecule has 4 aromatic rings. The number of anilines is 2. The van der Waals surface area contributed by atoms with Crippen molar-refractivity contribution in [3.05, 3.63) is 143 Å². The third kappa shape index (κ3) is 24.3. The number of carbonyl (C=O) groups is 3. The van der Waals surface area contributed by atoms with Gasteiger partial charge in [0.1, 0.15) is 28.2 Å². The van der Waals surface area contributed by atoms with E-state index in [1.165, 1.54) is 24.3 Å². The van der Waals surface area contributed by atoms with Crippen LogP contribution in [0.5, 0.6) is 5.75 Å². The second-order valence-electron chi connectivity index (χ2n) is 22.6. The van der Waals surface area contributed by atoms with Crippen molar-refractivity contribution in [2.45, 2.75) is 113 Å². The molecular weight excluding hydrogens is 1380 g/mol. The molecule has 0 saturated carbocycles. The van der Waals surface area contributed by atoms with Crippen molar-refractivity contribution in [3.8, 4) is 5.75 Å². The van der Waals surface area contributed by atoms with Gasteiger partial charge < -0.3 is 44.7 Å². The molecule has 1 N–H and O–H groups in total. The van der Waals surface area contributed by atoms with E-state index >= 15 is 0 Å². The number of nitrogens with zero attached hydrogens (tertiary/aromatic N) is 4. The maximum Gasteiger partial charge on any atom is 1.00 e. The number of ether oxygens (including phenoxy) is 1. The first kappa shape index (κ1) is 88.2. The van der Waals surface area contributed by atoms with Crippen LogP contribution in [0.3, 0.4) is 0 Å². The second kappa shape index (κ2) is 42.0. The van der Waals surface area contributed by atoms with Gasteiger partial charge >= 0.3 is 148 Å². The summed E-state index contributed by atoms with van der Waals surface area (Å²) >= 11 is 2.51. The van der Waals surface area contributed by atoms with Crippen LogP contribution in [0.25, 0.3) is 10.8 Å². The van der Waals surface area contributed by atoms with E-state index in [0.717, 1.165) is 104 Å². The predicted octanol–water partition coefficient (Wildman–Crippen LogP) is -8.08. The molecule has 24 nitrogen and oxygen atoms in total. The Balaban J connectivity index is 0.00000470. The van der Waals surface area contributed by atoms with Gasteiger partial charge in [-0.2, -0.15) is 17.6 Å². The molecule has 0 aromatic heterocycles. The molecule has 0 fully saturated rings. The Bertz CT molecular complexity index is 3680. The Morgan fingerprint density at radius 3 is 2.01 bits per heavy atom. The van der Waals surface area contributed by atoms with Crippen molar-refractivity contribution in [3.63, 3.8) is 0 Å². The Morgan fingerprint density at radius 1 is 0.716 bits per heavy atom. The minimum atomic E-state index is -4.75. The second-order valence-corrected chi connectivity index (χ2v) is 27.8. The number of imide groups is 1. The van der Waals surface area contributed by atoms with Crippen LogP contribution in [0.1, 0.15) is 103 Å². The van der Waals surface area contributed by atoms with E-state index in [9.17, 15) is 56.1 Å². The normalized spacial score (nSPS) is 16.4. The maximum absolute atomic E-state index is 12.9. The van der Waals surface area contributed by atoms with Gasteiger partial charge in [0.15, 0.2) is 5.71 Å². The number of rotatable bonds is 35. The van der Waals surface area contributed by atoms with Gasteiger partial charge in [0, 0.05) is 144 Å². The molecule has 1 aliphatic carbocycles. The molecule has 4 aliphatic rings. The molecule has 0 saturated heterocycles. The van der Waals surface area contributed by atoms with Crippen LogP contribution in [-0.2, 0) is 73.6 Å². The van der Waals surface area contributed by atoms with Gasteiger partial charge in [-0.15, -0.1) is 0 Å². The molecule has 486 valence electrons. The van der Waals surface area contributed by atoms with E-state index in [2.05, 4.69) is 83.1 Å². The Kier molecular flexibility index (Phi) is 39.0. The maximum atomic E-state index is 12.9. The van der Waals surface area contributed by atoms with Gasteiger partial charge in [-0.3, -0.25) is 34.4 Å². The number of fused-ring (bicyclic) bond motifs is 4. The molecule has 0 bridgehead atoms. The van der Waals surface area contributed by atoms with Crippen LogP contribution in [0.15, 0.2) is 142 Å². The Hall–Kier alpha value is -0.970. The van der Waals surface area contributed by atoms with Gasteiger partial charge in [0.2, 0.25) is 11.6 Å². The van der Waals surface area contributed by atoms with Crippen molar-refractivity contribution in [1.29, 1.82) is 0 Å². The van der Waals surface area contributed by atoms with Crippen molar-refractivity contribution < 1.29 is 241 Å². The molecule has 4 aromatic carbocycles. The molecule has 3 aliphatic heterocycles. The standard InChI is InChI=1S/C61H73N5O19S5.5Na/c1-60(2)50-41-45(63(32-9-37-86-83-80-70)33-10-38-87-84-81-71)18-26-51(50)64(35-11-39-89(73,74)75)53(60)27-16-42-12-8-13-43(59(42)79-46-19-21-47(22-20-46)88-85-82-72)17-28-54-61(3,4)58-49-24-23-48(90(76,77)78)40-44(49)15-25-52(58)65(54)34-7-5-6-14-55(67)62-31-36-66-56(68)29-30-57(66)69;;;;;/h15-30,40-41H,5-14,31-39H2,1-4H3,(H5-,62,67,70,71,72,73,74,75,76,77,78);;;;;/q;5*+1/p-4. The van der Waals surface area contributed by atoms with Crippen molar-refractivity contribution in [1.82, 2.24) is 10.2 Å². The largest absolute Gasteiger partial charge is 1.00 e. The van der Waals surface area contributed by atoms with E-state index in [0.29, 0.717) is 97.9 Å². The zero-order valence-electron chi connectivity index (χ0n) is 54.9. The Morgan fingerprint density at radius 2 is 1.38 bits per heavy atom. The van der Waals surface area contributed by atoms with Crippen LogP contribution in [0.2, 0.25) is 0 Å². The molecule has 0 atom stereocenters. The summed E-state index contributed by atoms with van der Waals surface area (Å²) in [6.07, 6.45) is 15.9. The molecule has 8 rings (SSSR count). The summed E-state index contributed by atoms with van der Waals surface area (Å²) in [6, 6.07) is 21.1. The van der Waals surface area contributed by atoms with Crippen LogP contribution in [0.4, 0.5) is 17.1 Å². The predicted molar refractivity (Wildman–Crippen MR) is 330 cm³/mol. The van der Waals surface area contributed by atoms with Crippen molar-refractivity contribution in [2.75, 3.05) is 66.3 Å². The van der Waals surface area contributed by atoms with Gasteiger partial charge in [-0.05, 0) is 153 Å². The summed E-state index contributed by atoms with van der Waals surface area (Å²) in [6.45, 7) is 10.4. The topological polar surface area (TPSA) is 324 Å². The number of hydrogen-bond donors (Lipinski definition) is 1. The van der Waals surface area contributed by atoms with Crippen LogP contribution in [-0.4, -0.2) is 115 Å². The molecule has 0 unspecified atom stereocenters. The summed E-state index contributed by atoms with van der Waals surface area (Å²) in [5, 5.41) is 46.3. The first-order valence-corrected chi connectivity index (χ1v) is 34.6. The van der Waals surface area contributed by atoms with Gasteiger partial charge in [0.25, 0.3) is 11.8 Å². The molecule has 95 heavy (non-hydrogen) atoms. The average Bonchev–Trinajstić information content (AvgIpc) is 1.60. The fourth-order valence-electron chi connectivity index (χ4n) is 11.8. The molecule has 3 amide bonds. The Labute approximate surface area is 677 Å². The molecule has 3 heterocycles. The van der Waals surface area contributed by atoms with Crippen LogP contribution >= 0.6 is 36.1 Å². The zero-order valence-corrected chi connectivity index (χ0v) is 69.0. The van der Waals surface area contributed by atoms with E-state index in [1.54, 1.807) is 36.4 Å². The first-order chi connectivity index (χ1) is 43.0. The van der Waals surface area contributed by atoms with Crippen LogP contribution in [0, 0.1) is 0 Å². The molecule has 0 spiro atoms. The van der Waals surface area contributed by atoms with E-state index < -0.39 is 48.6 Å². The fourth-order valence-corrected chi connectivity index (χ4v) is 13.8. The SMILES string of the molecule is CC1(C)C(/C=C/C2=C(Oc3ccc(SOO[O-])cc3)C(=C/C=C3/N(CCCCCC(=O)NCCN4C(=O)C=CC4=O)c4ccc5cc(S(=O)(=O)[O-])ccc5c4C3(C)C)/CCC2)=[N+](CCCS(=O)(=O)[O-])c2ccc(N(CCCSOO[O-])CCCSOO[O-])cc21.[Na+].[Na+].[Na+].[Na+].[Na+]. The van der Waals surface area contributed by atoms with Crippen molar-refractivity contribution >= 4 is 108 Å². The van der Waals surface area contributed by atoms with Gasteiger partial charge in [0.05, 0.1) is 32.5 Å². The zero-order chi connectivity index (χ0) is 64.6. The fraction of sp³-hybridized carbons (Fsp3) is 0.410. The third-order valence-corrected chi connectivity index (χ3v) is 19.4. The summed E-state index contributed by atoms with van der Waals surface area (Å²) in [7, 11) is -9.30. The minimum absolute atomic E-state index is 0. The van der Waals surface area contributed by atoms with E-state index in [-0.39, 0.29) is 191 Å². The molecule has 34 heteroatoms. The molecular formula is C61H69N5Na5O19S5+. The first-order valence-electron chi connectivity index (χ1n) is 29.0. The number of benzene rings is 4. The van der Waals surface area contributed by atoms with Gasteiger partial charge in [-0.1, -0.05) is 38.5 Å². The average molecular weight is 1450 g/mol. The number of unbranched alkanes of at least 4 members (excludes halogenated alkanes) is 2. The third-order valence-electron chi connectivity index (χ3n) is 16.0.